The number of carboxylic acids is 1. The molecule has 1 aromatic rings. The van der Waals surface area contributed by atoms with Crippen LogP contribution in [0.5, 0.6) is 0 Å². The van der Waals surface area contributed by atoms with E-state index in [9.17, 15) is 14.7 Å². The number of aliphatic carboxylic acids is 1. The molecule has 1 fully saturated rings. The van der Waals surface area contributed by atoms with Gasteiger partial charge in [-0.1, -0.05) is 13.0 Å². The quantitative estimate of drug-likeness (QED) is 0.895. The van der Waals surface area contributed by atoms with Crippen molar-refractivity contribution in [2.24, 2.45) is 0 Å². The van der Waals surface area contributed by atoms with Crippen molar-refractivity contribution < 1.29 is 14.7 Å². The Labute approximate surface area is 126 Å². The van der Waals surface area contributed by atoms with Gasteiger partial charge in [0.2, 0.25) is 0 Å². The number of nitrogens with zero attached hydrogens (tertiary/aromatic N) is 1. The van der Waals surface area contributed by atoms with Gasteiger partial charge in [0, 0.05) is 29.0 Å². The molecule has 5 nitrogen and oxygen atoms in total. The van der Waals surface area contributed by atoms with Crippen LogP contribution in [0.4, 0.5) is 4.79 Å². The molecule has 2 N–H and O–H groups in total. The Hall–Kier alpha value is -1.21. The van der Waals surface area contributed by atoms with Crippen LogP contribution in [-0.2, 0) is 4.79 Å². The van der Waals surface area contributed by atoms with Gasteiger partial charge in [0.1, 0.15) is 0 Å². The SMILES string of the molecule is CCC1CN(C(=O)NC(C(=O)O)c2cccs2)CCS1. The lowest BCUT2D eigenvalue weighted by Crippen LogP contribution is -2.48. The highest BCUT2D eigenvalue weighted by atomic mass is 32.2. The molecule has 2 amide bonds. The minimum atomic E-state index is -1.03. The Morgan fingerprint density at radius 3 is 3.00 bits per heavy atom. The van der Waals surface area contributed by atoms with Gasteiger partial charge in [-0.25, -0.2) is 9.59 Å². The molecular weight excluding hydrogens is 296 g/mol. The summed E-state index contributed by atoms with van der Waals surface area (Å²) in [4.78, 5) is 25.9. The first-order chi connectivity index (χ1) is 9.61. The van der Waals surface area contributed by atoms with E-state index < -0.39 is 12.0 Å². The Kier molecular flexibility index (Phi) is 5.31. The van der Waals surface area contributed by atoms with Crippen molar-refractivity contribution in [3.05, 3.63) is 22.4 Å². The van der Waals surface area contributed by atoms with Gasteiger partial charge in [-0.15, -0.1) is 11.3 Å². The van der Waals surface area contributed by atoms with Gasteiger partial charge in [-0.2, -0.15) is 11.8 Å². The van der Waals surface area contributed by atoms with Crippen molar-refractivity contribution in [3.8, 4) is 0 Å². The van der Waals surface area contributed by atoms with Crippen molar-refractivity contribution in [1.29, 1.82) is 0 Å². The molecule has 0 radical (unpaired) electrons. The van der Waals surface area contributed by atoms with Crippen LogP contribution >= 0.6 is 23.1 Å². The van der Waals surface area contributed by atoms with E-state index in [-0.39, 0.29) is 6.03 Å². The standard InChI is InChI=1S/C13H18N2O3S2/c1-2-9-8-15(5-7-19-9)13(18)14-11(12(16)17)10-4-3-6-20-10/h3-4,6,9,11H,2,5,7-8H2,1H3,(H,14,18)(H,16,17). The summed E-state index contributed by atoms with van der Waals surface area (Å²) >= 11 is 3.21. The maximum absolute atomic E-state index is 12.2. The number of amides is 2. The second-order valence-corrected chi connectivity index (χ2v) is 6.97. The van der Waals surface area contributed by atoms with Crippen LogP contribution in [0.3, 0.4) is 0 Å². The lowest BCUT2D eigenvalue weighted by Gasteiger charge is -2.32. The summed E-state index contributed by atoms with van der Waals surface area (Å²) in [5.41, 5.74) is 0. The Balaban J connectivity index is 2.00. The molecule has 7 heteroatoms. The summed E-state index contributed by atoms with van der Waals surface area (Å²) in [6.07, 6.45) is 1.02. The van der Waals surface area contributed by atoms with E-state index in [1.165, 1.54) is 11.3 Å². The molecule has 0 spiro atoms. The molecule has 1 aromatic heterocycles. The van der Waals surface area contributed by atoms with Crippen LogP contribution in [0.1, 0.15) is 24.3 Å². The largest absolute Gasteiger partial charge is 0.479 e. The van der Waals surface area contributed by atoms with Crippen molar-refractivity contribution in [2.45, 2.75) is 24.6 Å². The van der Waals surface area contributed by atoms with Crippen LogP contribution in [0.15, 0.2) is 17.5 Å². The minimum Gasteiger partial charge on any atom is -0.479 e. The number of thioether (sulfide) groups is 1. The third-order valence-electron chi connectivity index (χ3n) is 3.22. The predicted octanol–water partition coefficient (Wildman–Crippen LogP) is 2.41. The number of nitrogens with one attached hydrogen (secondary N) is 1. The van der Waals surface area contributed by atoms with Crippen molar-refractivity contribution >= 4 is 35.1 Å². The molecule has 0 saturated carbocycles. The Morgan fingerprint density at radius 2 is 2.40 bits per heavy atom. The number of hydrogen-bond donors (Lipinski definition) is 2. The Bertz CT molecular complexity index is 464. The summed E-state index contributed by atoms with van der Waals surface area (Å²) in [5.74, 6) is -0.123. The summed E-state index contributed by atoms with van der Waals surface area (Å²) in [7, 11) is 0. The highest BCUT2D eigenvalue weighted by Gasteiger charge is 2.28. The lowest BCUT2D eigenvalue weighted by atomic mass is 10.2. The van der Waals surface area contributed by atoms with Crippen molar-refractivity contribution in [1.82, 2.24) is 10.2 Å². The fraction of sp³-hybridized carbons (Fsp3) is 0.538. The molecule has 2 unspecified atom stereocenters. The summed E-state index contributed by atoms with van der Waals surface area (Å²) in [6.45, 7) is 3.46. The average Bonchev–Trinajstić information content (AvgIpc) is 2.98. The van der Waals surface area contributed by atoms with Crippen LogP contribution < -0.4 is 5.32 Å². The third kappa shape index (κ3) is 3.67. The van der Waals surface area contributed by atoms with Crippen LogP contribution in [0.2, 0.25) is 0 Å². The smallest absolute Gasteiger partial charge is 0.331 e. The van der Waals surface area contributed by atoms with Gasteiger partial charge < -0.3 is 15.3 Å². The second-order valence-electron chi connectivity index (χ2n) is 4.58. The molecule has 0 bridgehead atoms. The fourth-order valence-corrected chi connectivity index (χ4v) is 4.02. The topological polar surface area (TPSA) is 69.6 Å². The highest BCUT2D eigenvalue weighted by molar-refractivity contribution is 8.00. The van der Waals surface area contributed by atoms with E-state index in [1.54, 1.807) is 17.0 Å². The molecule has 20 heavy (non-hydrogen) atoms. The first kappa shape index (κ1) is 15.2. The molecule has 0 aliphatic carbocycles. The number of rotatable bonds is 4. The summed E-state index contributed by atoms with van der Waals surface area (Å²) in [5, 5.41) is 14.1. The van der Waals surface area contributed by atoms with Crippen LogP contribution in [0.25, 0.3) is 0 Å². The third-order valence-corrected chi connectivity index (χ3v) is 5.53. The zero-order valence-electron chi connectivity index (χ0n) is 11.2. The van der Waals surface area contributed by atoms with Gasteiger partial charge in [-0.3, -0.25) is 0 Å². The van der Waals surface area contributed by atoms with E-state index >= 15 is 0 Å². The van der Waals surface area contributed by atoms with Crippen molar-refractivity contribution in [3.63, 3.8) is 0 Å². The van der Waals surface area contributed by atoms with Crippen LogP contribution in [-0.4, -0.2) is 46.1 Å². The molecule has 2 atom stereocenters. The zero-order chi connectivity index (χ0) is 14.5. The predicted molar refractivity (Wildman–Crippen MR) is 81.3 cm³/mol. The van der Waals surface area contributed by atoms with E-state index in [2.05, 4.69) is 12.2 Å². The molecule has 110 valence electrons. The normalized spacial score (nSPS) is 20.4. The molecule has 1 saturated heterocycles. The monoisotopic (exact) mass is 314 g/mol. The minimum absolute atomic E-state index is 0.287. The van der Waals surface area contributed by atoms with E-state index in [4.69, 9.17) is 0 Å². The average molecular weight is 314 g/mol. The zero-order valence-corrected chi connectivity index (χ0v) is 12.9. The first-order valence-electron chi connectivity index (χ1n) is 6.55. The molecule has 1 aliphatic heterocycles. The molecule has 1 aliphatic rings. The van der Waals surface area contributed by atoms with Crippen LogP contribution in [0, 0.1) is 0 Å². The fourth-order valence-electron chi connectivity index (χ4n) is 2.08. The molecular formula is C13H18N2O3S2. The van der Waals surface area contributed by atoms with Gasteiger partial charge >= 0.3 is 12.0 Å². The number of carboxylic acid groups (broad SMARTS) is 1. The van der Waals surface area contributed by atoms with Gasteiger partial charge in [0.05, 0.1) is 0 Å². The molecule has 2 heterocycles. The number of thiophene rings is 1. The van der Waals surface area contributed by atoms with E-state index in [1.807, 2.05) is 17.1 Å². The number of carbonyl (C=O) groups excluding carboxylic acids is 1. The summed E-state index contributed by atoms with van der Waals surface area (Å²) in [6, 6.07) is 2.26. The van der Waals surface area contributed by atoms with Gasteiger partial charge in [0.15, 0.2) is 6.04 Å². The maximum atomic E-state index is 12.2. The first-order valence-corrected chi connectivity index (χ1v) is 8.48. The van der Waals surface area contributed by atoms with E-state index in [0.717, 1.165) is 12.2 Å². The number of carbonyl (C=O) groups is 2. The number of hydrogen-bond acceptors (Lipinski definition) is 4. The van der Waals surface area contributed by atoms with Gasteiger partial charge in [0.25, 0.3) is 0 Å². The molecule has 2 rings (SSSR count). The van der Waals surface area contributed by atoms with Gasteiger partial charge in [-0.05, 0) is 17.9 Å². The van der Waals surface area contributed by atoms with E-state index in [0.29, 0.717) is 23.2 Å². The Morgan fingerprint density at radius 1 is 1.60 bits per heavy atom. The second kappa shape index (κ2) is 6.99. The maximum Gasteiger partial charge on any atom is 0.331 e. The molecule has 0 aromatic carbocycles. The number of urea groups is 1. The highest BCUT2D eigenvalue weighted by Crippen LogP contribution is 2.23. The lowest BCUT2D eigenvalue weighted by molar-refractivity contribution is -0.139. The van der Waals surface area contributed by atoms with Crippen molar-refractivity contribution in [2.75, 3.05) is 18.8 Å². The summed E-state index contributed by atoms with van der Waals surface area (Å²) < 4.78 is 0.